The minimum atomic E-state index is 0.606. The molecule has 1 rings (SSSR count). The van der Waals surface area contributed by atoms with Crippen LogP contribution in [-0.2, 0) is 0 Å². The van der Waals surface area contributed by atoms with E-state index in [-0.39, 0.29) is 0 Å². The number of nitrogens with one attached hydrogen (secondary N) is 1. The van der Waals surface area contributed by atoms with Crippen LogP contribution in [0.15, 0.2) is 12.7 Å². The quantitative estimate of drug-likeness (QED) is 0.619. The summed E-state index contributed by atoms with van der Waals surface area (Å²) in [5.74, 6) is 0. The summed E-state index contributed by atoms with van der Waals surface area (Å²) in [5, 5.41) is 3.63. The average molecular weight is 210 g/mol. The van der Waals surface area contributed by atoms with Crippen LogP contribution in [0.5, 0.6) is 0 Å². The Bertz CT molecular complexity index is 185. The lowest BCUT2D eigenvalue weighted by Crippen LogP contribution is -2.46. The van der Waals surface area contributed by atoms with Crippen molar-refractivity contribution in [1.29, 1.82) is 0 Å². The van der Waals surface area contributed by atoms with Gasteiger partial charge in [0.05, 0.1) is 0 Å². The highest BCUT2D eigenvalue weighted by Crippen LogP contribution is 2.19. The fraction of sp³-hybridized carbons (Fsp3) is 0.846. The van der Waals surface area contributed by atoms with Crippen LogP contribution in [0.25, 0.3) is 0 Å². The van der Waals surface area contributed by atoms with Crippen molar-refractivity contribution >= 4 is 0 Å². The van der Waals surface area contributed by atoms with Gasteiger partial charge in [-0.25, -0.2) is 0 Å². The van der Waals surface area contributed by atoms with Crippen LogP contribution in [0.3, 0.4) is 0 Å². The van der Waals surface area contributed by atoms with Gasteiger partial charge in [0.15, 0.2) is 0 Å². The molecule has 1 aliphatic rings. The fourth-order valence-electron chi connectivity index (χ4n) is 2.02. The van der Waals surface area contributed by atoms with Gasteiger partial charge in [-0.1, -0.05) is 13.0 Å². The van der Waals surface area contributed by atoms with Crippen molar-refractivity contribution < 1.29 is 0 Å². The largest absolute Gasteiger partial charge is 0.312 e. The zero-order chi connectivity index (χ0) is 11.3. The van der Waals surface area contributed by atoms with Gasteiger partial charge in [-0.2, -0.15) is 0 Å². The molecule has 0 aromatic carbocycles. The normalized spacial score (nSPS) is 18.5. The van der Waals surface area contributed by atoms with E-state index in [1.165, 1.54) is 19.3 Å². The predicted molar refractivity (Wildman–Crippen MR) is 67.1 cm³/mol. The van der Waals surface area contributed by atoms with Crippen LogP contribution < -0.4 is 5.32 Å². The summed E-state index contributed by atoms with van der Waals surface area (Å²) in [5.41, 5.74) is 0. The maximum absolute atomic E-state index is 3.85. The monoisotopic (exact) mass is 210 g/mol. The second-order valence-corrected chi connectivity index (χ2v) is 4.82. The molecule has 0 heterocycles. The minimum absolute atomic E-state index is 0.606. The van der Waals surface area contributed by atoms with Crippen molar-refractivity contribution in [3.05, 3.63) is 12.7 Å². The first-order chi connectivity index (χ1) is 7.19. The number of nitrogens with zero attached hydrogens (tertiary/aromatic N) is 1. The molecule has 0 spiro atoms. The van der Waals surface area contributed by atoms with Crippen molar-refractivity contribution in [2.45, 2.75) is 58.2 Å². The molecule has 1 unspecified atom stereocenters. The smallest absolute Gasteiger partial charge is 0.0224 e. The van der Waals surface area contributed by atoms with Crippen LogP contribution in [-0.4, -0.2) is 36.1 Å². The van der Waals surface area contributed by atoms with E-state index in [9.17, 15) is 0 Å². The Kier molecular flexibility index (Phi) is 5.34. The van der Waals surface area contributed by atoms with Crippen LogP contribution in [0.2, 0.25) is 0 Å². The van der Waals surface area contributed by atoms with Crippen LogP contribution >= 0.6 is 0 Å². The highest BCUT2D eigenvalue weighted by Gasteiger charge is 2.24. The minimum Gasteiger partial charge on any atom is -0.312 e. The van der Waals surface area contributed by atoms with Crippen LogP contribution in [0.4, 0.5) is 0 Å². The van der Waals surface area contributed by atoms with Crippen molar-refractivity contribution in [1.82, 2.24) is 10.2 Å². The summed E-state index contributed by atoms with van der Waals surface area (Å²) >= 11 is 0. The lowest BCUT2D eigenvalue weighted by atomic mass is 10.1. The second-order valence-electron chi connectivity index (χ2n) is 4.82. The molecule has 0 radical (unpaired) electrons. The van der Waals surface area contributed by atoms with Gasteiger partial charge in [0.25, 0.3) is 0 Å². The zero-order valence-electron chi connectivity index (χ0n) is 10.5. The fourth-order valence-corrected chi connectivity index (χ4v) is 2.02. The summed E-state index contributed by atoms with van der Waals surface area (Å²) in [6.45, 7) is 12.8. The van der Waals surface area contributed by atoms with Crippen molar-refractivity contribution in [3.8, 4) is 0 Å². The summed E-state index contributed by atoms with van der Waals surface area (Å²) in [6, 6.07) is 2.08. The van der Waals surface area contributed by atoms with Crippen LogP contribution in [0, 0.1) is 0 Å². The third kappa shape index (κ3) is 4.35. The molecule has 0 aliphatic heterocycles. The van der Waals surface area contributed by atoms with Crippen molar-refractivity contribution in [2.24, 2.45) is 0 Å². The second kappa shape index (κ2) is 6.29. The number of hydrogen-bond acceptors (Lipinski definition) is 2. The van der Waals surface area contributed by atoms with Gasteiger partial charge < -0.3 is 5.32 Å². The molecular weight excluding hydrogens is 184 g/mol. The van der Waals surface area contributed by atoms with Gasteiger partial charge in [0.1, 0.15) is 0 Å². The van der Waals surface area contributed by atoms with E-state index in [1.54, 1.807) is 0 Å². The van der Waals surface area contributed by atoms with Crippen LogP contribution in [0.1, 0.15) is 40.0 Å². The van der Waals surface area contributed by atoms with Gasteiger partial charge in [0.2, 0.25) is 0 Å². The standard InChI is InChI=1S/C13H26N2/c1-5-9-15(11(3)4)13(6-2)10-14-12-7-8-12/h5,11-14H,1,6-10H2,2-4H3. The topological polar surface area (TPSA) is 15.3 Å². The average Bonchev–Trinajstić information content (AvgIpc) is 3.00. The molecule has 15 heavy (non-hydrogen) atoms. The first kappa shape index (κ1) is 12.7. The molecule has 0 aromatic rings. The molecule has 1 atom stereocenters. The Hall–Kier alpha value is -0.340. The molecular formula is C13H26N2. The predicted octanol–water partition coefficient (Wildman–Crippen LogP) is 2.41. The molecule has 0 amide bonds. The molecule has 1 fully saturated rings. The van der Waals surface area contributed by atoms with E-state index in [2.05, 4.69) is 37.6 Å². The molecule has 1 N–H and O–H groups in total. The zero-order valence-corrected chi connectivity index (χ0v) is 10.5. The Morgan fingerprint density at radius 2 is 2.13 bits per heavy atom. The Balaban J connectivity index is 2.38. The Morgan fingerprint density at radius 3 is 2.53 bits per heavy atom. The van der Waals surface area contributed by atoms with Gasteiger partial charge in [-0.3, -0.25) is 4.90 Å². The summed E-state index contributed by atoms with van der Waals surface area (Å²) in [6.07, 6.45) is 5.98. The molecule has 0 saturated heterocycles. The Morgan fingerprint density at radius 1 is 1.47 bits per heavy atom. The third-order valence-electron chi connectivity index (χ3n) is 3.16. The third-order valence-corrected chi connectivity index (χ3v) is 3.16. The first-order valence-electron chi connectivity index (χ1n) is 6.29. The maximum Gasteiger partial charge on any atom is 0.0224 e. The first-order valence-corrected chi connectivity index (χ1v) is 6.29. The van der Waals surface area contributed by atoms with E-state index in [4.69, 9.17) is 0 Å². The van der Waals surface area contributed by atoms with Gasteiger partial charge >= 0.3 is 0 Å². The SMILES string of the molecule is C=CCN(C(C)C)C(CC)CNC1CC1. The van der Waals surface area contributed by atoms with E-state index < -0.39 is 0 Å². The molecule has 1 aliphatic carbocycles. The Labute approximate surface area is 94.7 Å². The van der Waals surface area contributed by atoms with Gasteiger partial charge in [-0.15, -0.1) is 6.58 Å². The lowest BCUT2D eigenvalue weighted by molar-refractivity contribution is 0.163. The molecule has 0 aromatic heterocycles. The molecule has 2 nitrogen and oxygen atoms in total. The lowest BCUT2D eigenvalue weighted by Gasteiger charge is -2.33. The highest BCUT2D eigenvalue weighted by atomic mass is 15.2. The van der Waals surface area contributed by atoms with Crippen molar-refractivity contribution in [3.63, 3.8) is 0 Å². The summed E-state index contributed by atoms with van der Waals surface area (Å²) in [4.78, 5) is 2.53. The van der Waals surface area contributed by atoms with Gasteiger partial charge in [-0.05, 0) is 33.1 Å². The number of hydrogen-bond donors (Lipinski definition) is 1. The van der Waals surface area contributed by atoms with E-state index in [1.807, 2.05) is 6.08 Å². The number of rotatable bonds is 8. The van der Waals surface area contributed by atoms with E-state index in [0.717, 1.165) is 19.1 Å². The summed E-state index contributed by atoms with van der Waals surface area (Å²) in [7, 11) is 0. The molecule has 0 bridgehead atoms. The molecule has 88 valence electrons. The molecule has 1 saturated carbocycles. The highest BCUT2D eigenvalue weighted by molar-refractivity contribution is 4.86. The molecule has 2 heteroatoms. The maximum atomic E-state index is 3.85. The van der Waals surface area contributed by atoms with Crippen molar-refractivity contribution in [2.75, 3.05) is 13.1 Å². The van der Waals surface area contributed by atoms with Gasteiger partial charge in [0, 0.05) is 31.2 Å². The van der Waals surface area contributed by atoms with E-state index in [0.29, 0.717) is 12.1 Å². The van der Waals surface area contributed by atoms with E-state index >= 15 is 0 Å². The summed E-state index contributed by atoms with van der Waals surface area (Å²) < 4.78 is 0.